The van der Waals surface area contributed by atoms with Crippen LogP contribution in [0.1, 0.15) is 6.92 Å². The van der Waals surface area contributed by atoms with Crippen molar-refractivity contribution in [2.75, 3.05) is 17.5 Å². The van der Waals surface area contributed by atoms with Gasteiger partial charge in [0.2, 0.25) is 5.24 Å². The van der Waals surface area contributed by atoms with E-state index in [2.05, 4.69) is 0 Å². The molecule has 0 radical (unpaired) electrons. The molecule has 0 spiro atoms. The Morgan fingerprint density at radius 1 is 1.09 bits per heavy atom. The lowest BCUT2D eigenvalue weighted by Gasteiger charge is -2.23. The van der Waals surface area contributed by atoms with Crippen LogP contribution in [0.5, 0.6) is 5.75 Å². The van der Waals surface area contributed by atoms with Gasteiger partial charge >= 0.3 is 0 Å². The second-order valence-electron chi connectivity index (χ2n) is 4.61. The Bertz CT molecular complexity index is 760. The van der Waals surface area contributed by atoms with E-state index in [0.717, 1.165) is 4.31 Å². The number of rotatable bonds is 7. The fraction of sp³-hybridized carbons (Fsp3) is 0.188. The largest absolute Gasteiger partial charge is 0.494 e. The summed E-state index contributed by atoms with van der Waals surface area (Å²) in [5, 5.41) is -0.765. The minimum absolute atomic E-state index is 0.0896. The average Bonchev–Trinajstić information content (AvgIpc) is 2.54. The van der Waals surface area contributed by atoms with E-state index in [1.165, 1.54) is 12.1 Å². The van der Waals surface area contributed by atoms with Gasteiger partial charge in [0.05, 0.1) is 17.2 Å². The van der Waals surface area contributed by atoms with Crippen LogP contribution >= 0.6 is 11.6 Å². The third-order valence-corrected chi connectivity index (χ3v) is 4.94. The predicted octanol–water partition coefficient (Wildman–Crippen LogP) is 3.05. The maximum atomic E-state index is 12.8. The number of sulfonamides is 1. The van der Waals surface area contributed by atoms with Gasteiger partial charge in [0.15, 0.2) is 0 Å². The first kappa shape index (κ1) is 17.3. The van der Waals surface area contributed by atoms with Gasteiger partial charge in [-0.25, -0.2) is 8.42 Å². The van der Waals surface area contributed by atoms with Gasteiger partial charge in [-0.2, -0.15) is 0 Å². The lowest BCUT2D eigenvalue weighted by Crippen LogP contribution is -2.34. The van der Waals surface area contributed by atoms with E-state index in [4.69, 9.17) is 16.3 Å². The third-order valence-electron chi connectivity index (χ3n) is 3.03. The molecule has 0 heterocycles. The van der Waals surface area contributed by atoms with Crippen LogP contribution in [-0.2, 0) is 14.8 Å². The molecule has 0 atom stereocenters. The van der Waals surface area contributed by atoms with Crippen LogP contribution in [0.4, 0.5) is 5.69 Å². The minimum atomic E-state index is -3.89. The van der Waals surface area contributed by atoms with Crippen molar-refractivity contribution >= 4 is 32.6 Å². The van der Waals surface area contributed by atoms with Crippen molar-refractivity contribution in [3.63, 3.8) is 0 Å². The van der Waals surface area contributed by atoms with Gasteiger partial charge in [0, 0.05) is 0 Å². The molecule has 2 aromatic rings. The summed E-state index contributed by atoms with van der Waals surface area (Å²) in [6, 6.07) is 14.3. The van der Waals surface area contributed by atoms with Gasteiger partial charge in [0.25, 0.3) is 10.0 Å². The van der Waals surface area contributed by atoms with Gasteiger partial charge in [-0.1, -0.05) is 18.2 Å². The molecule has 2 aromatic carbocycles. The Labute approximate surface area is 140 Å². The van der Waals surface area contributed by atoms with Gasteiger partial charge in [-0.3, -0.25) is 9.10 Å². The maximum Gasteiger partial charge on any atom is 0.264 e. The van der Waals surface area contributed by atoms with Crippen molar-refractivity contribution in [1.82, 2.24) is 0 Å². The number of nitrogens with zero attached hydrogens (tertiary/aromatic N) is 1. The SMILES string of the molecule is CCOc1ccc(N(CC(=O)Cl)S(=O)(=O)c2ccccc2)cc1. The van der Waals surface area contributed by atoms with Gasteiger partial charge in [-0.15, -0.1) is 0 Å². The zero-order chi connectivity index (χ0) is 16.9. The Kier molecular flexibility index (Phi) is 5.63. The zero-order valence-electron chi connectivity index (χ0n) is 12.5. The fourth-order valence-corrected chi connectivity index (χ4v) is 3.66. The number of carbonyl (C=O) groups excluding carboxylic acids is 1. The summed E-state index contributed by atoms with van der Waals surface area (Å²) in [4.78, 5) is 11.4. The second-order valence-corrected chi connectivity index (χ2v) is 6.89. The standard InChI is InChI=1S/C16H16ClNO4S/c1-2-22-14-10-8-13(9-11-14)18(12-16(17)19)23(20,21)15-6-4-3-5-7-15/h3-11H,2,12H2,1H3. The summed E-state index contributed by atoms with van der Waals surface area (Å²) in [5.41, 5.74) is 0.339. The van der Waals surface area contributed by atoms with Gasteiger partial charge in [0.1, 0.15) is 12.3 Å². The molecule has 0 aromatic heterocycles. The molecular formula is C16H16ClNO4S. The first-order valence-corrected chi connectivity index (χ1v) is 8.76. The smallest absolute Gasteiger partial charge is 0.264 e. The Balaban J connectivity index is 2.43. The molecule has 5 nitrogen and oxygen atoms in total. The summed E-state index contributed by atoms with van der Waals surface area (Å²) >= 11 is 5.43. The van der Waals surface area contributed by atoms with Crippen molar-refractivity contribution in [2.45, 2.75) is 11.8 Å². The topological polar surface area (TPSA) is 63.7 Å². The lowest BCUT2D eigenvalue weighted by molar-refractivity contribution is -0.110. The van der Waals surface area contributed by atoms with Crippen LogP contribution in [0, 0.1) is 0 Å². The van der Waals surface area contributed by atoms with E-state index in [1.807, 2.05) is 6.92 Å². The molecule has 122 valence electrons. The van der Waals surface area contributed by atoms with Gasteiger partial charge in [-0.05, 0) is 54.9 Å². The highest BCUT2D eigenvalue weighted by Crippen LogP contribution is 2.26. The highest BCUT2D eigenvalue weighted by molar-refractivity contribution is 7.92. The van der Waals surface area contributed by atoms with Gasteiger partial charge < -0.3 is 4.74 Å². The van der Waals surface area contributed by atoms with Crippen LogP contribution in [0.25, 0.3) is 0 Å². The fourth-order valence-electron chi connectivity index (χ4n) is 2.02. The third kappa shape index (κ3) is 4.24. The average molecular weight is 354 g/mol. The molecule has 0 fully saturated rings. The quantitative estimate of drug-likeness (QED) is 0.718. The monoisotopic (exact) mass is 353 g/mol. The van der Waals surface area contributed by atoms with Crippen LogP contribution in [0.15, 0.2) is 59.5 Å². The van der Waals surface area contributed by atoms with Crippen LogP contribution < -0.4 is 9.04 Å². The van der Waals surface area contributed by atoms with Crippen molar-refractivity contribution in [2.24, 2.45) is 0 Å². The van der Waals surface area contributed by atoms with E-state index in [0.29, 0.717) is 18.0 Å². The number of carbonyl (C=O) groups is 1. The number of ether oxygens (including phenoxy) is 1. The Morgan fingerprint density at radius 3 is 2.22 bits per heavy atom. The van der Waals surface area contributed by atoms with Crippen molar-refractivity contribution < 1.29 is 17.9 Å². The highest BCUT2D eigenvalue weighted by atomic mass is 35.5. The van der Waals surface area contributed by atoms with E-state index in [1.54, 1.807) is 42.5 Å². The second kappa shape index (κ2) is 7.48. The number of hydrogen-bond acceptors (Lipinski definition) is 4. The molecular weight excluding hydrogens is 338 g/mol. The predicted molar refractivity (Wildman–Crippen MR) is 89.4 cm³/mol. The number of anilines is 1. The first-order chi connectivity index (χ1) is 10.9. The maximum absolute atomic E-state index is 12.8. The first-order valence-electron chi connectivity index (χ1n) is 6.94. The molecule has 0 unspecified atom stereocenters. The van der Waals surface area contributed by atoms with Crippen LogP contribution in [0.2, 0.25) is 0 Å². The molecule has 0 aliphatic heterocycles. The van der Waals surface area contributed by atoms with Crippen LogP contribution in [-0.4, -0.2) is 26.8 Å². The molecule has 7 heteroatoms. The number of hydrogen-bond donors (Lipinski definition) is 0. The summed E-state index contributed by atoms with van der Waals surface area (Å²) in [6.07, 6.45) is 0. The summed E-state index contributed by atoms with van der Waals surface area (Å²) in [5.74, 6) is 0.616. The zero-order valence-corrected chi connectivity index (χ0v) is 14.0. The molecule has 0 saturated heterocycles. The van der Waals surface area contributed by atoms with E-state index in [9.17, 15) is 13.2 Å². The molecule has 23 heavy (non-hydrogen) atoms. The lowest BCUT2D eigenvalue weighted by atomic mass is 10.3. The molecule has 0 amide bonds. The molecule has 0 aliphatic carbocycles. The molecule has 0 N–H and O–H groups in total. The number of halogens is 1. The Morgan fingerprint density at radius 2 is 1.70 bits per heavy atom. The van der Waals surface area contributed by atoms with Crippen molar-refractivity contribution in [3.8, 4) is 5.75 Å². The molecule has 0 aliphatic rings. The Hall–Kier alpha value is -2.05. The molecule has 0 saturated carbocycles. The highest BCUT2D eigenvalue weighted by Gasteiger charge is 2.26. The van der Waals surface area contributed by atoms with E-state index < -0.39 is 21.8 Å². The van der Waals surface area contributed by atoms with E-state index >= 15 is 0 Å². The summed E-state index contributed by atoms with van der Waals surface area (Å²) < 4.78 is 31.8. The van der Waals surface area contributed by atoms with Crippen molar-refractivity contribution in [1.29, 1.82) is 0 Å². The van der Waals surface area contributed by atoms with Crippen LogP contribution in [0.3, 0.4) is 0 Å². The number of benzene rings is 2. The normalized spacial score (nSPS) is 11.0. The van der Waals surface area contributed by atoms with E-state index in [-0.39, 0.29) is 4.90 Å². The summed E-state index contributed by atoms with van der Waals surface area (Å²) in [6.45, 7) is 1.91. The molecule has 2 rings (SSSR count). The minimum Gasteiger partial charge on any atom is -0.494 e. The summed E-state index contributed by atoms with van der Waals surface area (Å²) in [7, 11) is -3.89. The molecule has 0 bridgehead atoms. The van der Waals surface area contributed by atoms with Crippen molar-refractivity contribution in [3.05, 3.63) is 54.6 Å².